The number of hydrogen-bond acceptors (Lipinski definition) is 2. The van der Waals surface area contributed by atoms with Crippen LogP contribution in [-0.4, -0.2) is 13.2 Å². The van der Waals surface area contributed by atoms with E-state index in [4.69, 9.17) is 16.4 Å². The highest BCUT2D eigenvalue weighted by Gasteiger charge is 2.15. The van der Waals surface area contributed by atoms with Crippen molar-refractivity contribution in [3.05, 3.63) is 28.8 Å². The Bertz CT molecular complexity index is 292. The Balaban J connectivity index is 3.15. The summed E-state index contributed by atoms with van der Waals surface area (Å²) in [6, 6.07) is 6.10. The molecule has 1 aromatic carbocycles. The van der Waals surface area contributed by atoms with Gasteiger partial charge in [-0.3, -0.25) is 9.90 Å². The lowest BCUT2D eigenvalue weighted by Gasteiger charge is -2.28. The normalized spacial score (nSPS) is 10.7. The van der Waals surface area contributed by atoms with E-state index in [0.717, 1.165) is 16.3 Å². The Morgan fingerprint density at radius 1 is 1.36 bits per heavy atom. The highest BCUT2D eigenvalue weighted by atomic mass is 35.5. The first-order valence-electron chi connectivity index (χ1n) is 4.66. The van der Waals surface area contributed by atoms with Crippen LogP contribution in [0.15, 0.2) is 18.2 Å². The third kappa shape index (κ3) is 2.20. The van der Waals surface area contributed by atoms with Gasteiger partial charge in [0.15, 0.2) is 0 Å². The summed E-state index contributed by atoms with van der Waals surface area (Å²) in [4.78, 5) is 5.31. The Labute approximate surface area is 90.4 Å². The first kappa shape index (κ1) is 11.3. The van der Waals surface area contributed by atoms with Crippen molar-refractivity contribution in [3.63, 3.8) is 0 Å². The maximum absolute atomic E-state index is 6.13. The lowest BCUT2D eigenvalue weighted by atomic mass is 10.2. The largest absolute Gasteiger partial charge is 0.276 e. The number of aryl methyl sites for hydroxylation is 1. The first-order chi connectivity index (χ1) is 6.57. The zero-order valence-electron chi connectivity index (χ0n) is 9.04. The maximum Gasteiger partial charge on any atom is 0.0854 e. The van der Waals surface area contributed by atoms with Crippen LogP contribution in [-0.2, 0) is 4.84 Å². The van der Waals surface area contributed by atoms with Crippen LogP contribution in [0.3, 0.4) is 0 Å². The standard InChI is InChI=1S/C11H16ClNO/c1-8(2)13(14-4)11-9(3)6-5-7-10(11)12/h5-8H,1-4H3. The molecule has 1 aromatic rings. The Kier molecular flexibility index (Phi) is 3.78. The second-order valence-electron chi connectivity index (χ2n) is 3.51. The van der Waals surface area contributed by atoms with Gasteiger partial charge in [-0.15, -0.1) is 0 Å². The minimum atomic E-state index is 0.263. The zero-order valence-corrected chi connectivity index (χ0v) is 9.80. The van der Waals surface area contributed by atoms with Gasteiger partial charge in [0, 0.05) is 0 Å². The van der Waals surface area contributed by atoms with Gasteiger partial charge in [0.25, 0.3) is 0 Å². The van der Waals surface area contributed by atoms with E-state index in [1.165, 1.54) is 0 Å². The molecule has 0 saturated heterocycles. The summed E-state index contributed by atoms with van der Waals surface area (Å²) in [7, 11) is 1.66. The maximum atomic E-state index is 6.13. The molecule has 0 aromatic heterocycles. The van der Waals surface area contributed by atoms with E-state index in [-0.39, 0.29) is 6.04 Å². The summed E-state index contributed by atoms with van der Waals surface area (Å²) in [5, 5.41) is 2.54. The number of hydrogen-bond donors (Lipinski definition) is 0. The molecule has 78 valence electrons. The molecule has 0 atom stereocenters. The fourth-order valence-corrected chi connectivity index (χ4v) is 1.77. The molecule has 0 heterocycles. The monoisotopic (exact) mass is 213 g/mol. The quantitative estimate of drug-likeness (QED) is 0.714. The van der Waals surface area contributed by atoms with Gasteiger partial charge in [-0.05, 0) is 32.4 Å². The van der Waals surface area contributed by atoms with Crippen molar-refractivity contribution in [1.29, 1.82) is 0 Å². The smallest absolute Gasteiger partial charge is 0.0854 e. The number of benzene rings is 1. The van der Waals surface area contributed by atoms with Gasteiger partial charge < -0.3 is 0 Å². The van der Waals surface area contributed by atoms with E-state index in [1.807, 2.05) is 30.2 Å². The molecule has 0 radical (unpaired) electrons. The molecule has 0 N–H and O–H groups in total. The van der Waals surface area contributed by atoms with Crippen molar-refractivity contribution < 1.29 is 4.84 Å². The van der Waals surface area contributed by atoms with E-state index < -0.39 is 0 Å². The van der Waals surface area contributed by atoms with Crippen molar-refractivity contribution in [2.75, 3.05) is 12.2 Å². The highest BCUT2D eigenvalue weighted by molar-refractivity contribution is 6.33. The predicted octanol–water partition coefficient (Wildman–Crippen LogP) is 3.42. The topological polar surface area (TPSA) is 12.5 Å². The zero-order chi connectivity index (χ0) is 10.7. The van der Waals surface area contributed by atoms with E-state index in [1.54, 1.807) is 7.11 Å². The minimum Gasteiger partial charge on any atom is -0.276 e. The Hall–Kier alpha value is -0.730. The van der Waals surface area contributed by atoms with Crippen LogP contribution in [0.1, 0.15) is 19.4 Å². The molecule has 0 unspecified atom stereocenters. The molecule has 1 rings (SSSR count). The Morgan fingerprint density at radius 2 is 2.00 bits per heavy atom. The number of nitrogens with zero attached hydrogens (tertiary/aromatic N) is 1. The molecule has 0 aliphatic heterocycles. The van der Waals surface area contributed by atoms with Crippen LogP contribution in [0.5, 0.6) is 0 Å². The van der Waals surface area contributed by atoms with Crippen LogP contribution < -0.4 is 5.06 Å². The second kappa shape index (κ2) is 4.67. The van der Waals surface area contributed by atoms with Gasteiger partial charge in [0.1, 0.15) is 0 Å². The molecule has 0 aliphatic carbocycles. The van der Waals surface area contributed by atoms with E-state index in [2.05, 4.69) is 13.8 Å². The van der Waals surface area contributed by atoms with Crippen molar-refractivity contribution in [3.8, 4) is 0 Å². The second-order valence-corrected chi connectivity index (χ2v) is 3.91. The summed E-state index contributed by atoms with van der Waals surface area (Å²) in [6.45, 7) is 6.15. The molecule has 0 saturated carbocycles. The summed E-state index contributed by atoms with van der Waals surface area (Å²) < 4.78 is 0. The lowest BCUT2D eigenvalue weighted by molar-refractivity contribution is 0.148. The average molecular weight is 214 g/mol. The molecule has 2 nitrogen and oxygen atoms in total. The average Bonchev–Trinajstić information content (AvgIpc) is 2.10. The van der Waals surface area contributed by atoms with Crippen LogP contribution in [0.2, 0.25) is 5.02 Å². The van der Waals surface area contributed by atoms with Crippen molar-refractivity contribution >= 4 is 17.3 Å². The van der Waals surface area contributed by atoms with Crippen LogP contribution in [0.4, 0.5) is 5.69 Å². The molecule has 0 aliphatic rings. The first-order valence-corrected chi connectivity index (χ1v) is 5.04. The third-order valence-corrected chi connectivity index (χ3v) is 2.38. The van der Waals surface area contributed by atoms with Crippen LogP contribution in [0, 0.1) is 6.92 Å². The molecule has 0 fully saturated rings. The SMILES string of the molecule is CON(c1c(C)cccc1Cl)C(C)C. The molecule has 3 heteroatoms. The predicted molar refractivity (Wildman–Crippen MR) is 60.8 cm³/mol. The van der Waals surface area contributed by atoms with E-state index >= 15 is 0 Å². The van der Waals surface area contributed by atoms with Gasteiger partial charge >= 0.3 is 0 Å². The number of hydroxylamine groups is 1. The van der Waals surface area contributed by atoms with E-state index in [0.29, 0.717) is 0 Å². The fraction of sp³-hybridized carbons (Fsp3) is 0.455. The van der Waals surface area contributed by atoms with Crippen molar-refractivity contribution in [2.24, 2.45) is 0 Å². The van der Waals surface area contributed by atoms with E-state index in [9.17, 15) is 0 Å². The van der Waals surface area contributed by atoms with Crippen LogP contribution >= 0.6 is 11.6 Å². The van der Waals surface area contributed by atoms with Gasteiger partial charge in [-0.2, -0.15) is 0 Å². The molecular weight excluding hydrogens is 198 g/mol. The molecule has 14 heavy (non-hydrogen) atoms. The molecule has 0 bridgehead atoms. The molecule has 0 spiro atoms. The van der Waals surface area contributed by atoms with Gasteiger partial charge in [0.2, 0.25) is 0 Å². The summed E-state index contributed by atoms with van der Waals surface area (Å²) in [5.41, 5.74) is 2.07. The summed E-state index contributed by atoms with van der Waals surface area (Å²) in [6.07, 6.45) is 0. The van der Waals surface area contributed by atoms with Crippen molar-refractivity contribution in [1.82, 2.24) is 0 Å². The fourth-order valence-electron chi connectivity index (χ4n) is 1.46. The lowest BCUT2D eigenvalue weighted by Crippen LogP contribution is -2.30. The number of halogens is 1. The summed E-state index contributed by atoms with van der Waals surface area (Å²) in [5.74, 6) is 0. The number of rotatable bonds is 3. The van der Waals surface area contributed by atoms with Crippen LogP contribution in [0.25, 0.3) is 0 Å². The number of anilines is 1. The van der Waals surface area contributed by atoms with Gasteiger partial charge in [-0.1, -0.05) is 23.7 Å². The highest BCUT2D eigenvalue weighted by Crippen LogP contribution is 2.30. The Morgan fingerprint density at radius 3 is 2.43 bits per heavy atom. The molecular formula is C11H16ClNO. The number of para-hydroxylation sites is 1. The summed E-state index contributed by atoms with van der Waals surface area (Å²) >= 11 is 6.13. The van der Waals surface area contributed by atoms with Gasteiger partial charge in [0.05, 0.1) is 23.9 Å². The molecule has 0 amide bonds. The van der Waals surface area contributed by atoms with Crippen molar-refractivity contribution in [2.45, 2.75) is 26.8 Å². The third-order valence-electron chi connectivity index (χ3n) is 2.07. The van der Waals surface area contributed by atoms with Gasteiger partial charge in [-0.25, -0.2) is 0 Å². The minimum absolute atomic E-state index is 0.263.